The van der Waals surface area contributed by atoms with Crippen LogP contribution in [0.5, 0.6) is 0 Å². The molecule has 0 bridgehead atoms. The number of benzene rings is 1. The summed E-state index contributed by atoms with van der Waals surface area (Å²) in [4.78, 5) is 23.5. The van der Waals surface area contributed by atoms with Crippen LogP contribution in [0, 0.1) is 5.92 Å². The summed E-state index contributed by atoms with van der Waals surface area (Å²) < 4.78 is 16.0. The minimum absolute atomic E-state index is 0.274. The lowest BCUT2D eigenvalue weighted by atomic mass is 10.1. The van der Waals surface area contributed by atoms with Gasteiger partial charge < -0.3 is 19.5 Å². The zero-order valence-electron chi connectivity index (χ0n) is 17.4. The van der Waals surface area contributed by atoms with Crippen LogP contribution in [0.15, 0.2) is 30.3 Å². The number of hydrogen-bond acceptors (Lipinski definition) is 5. The molecule has 0 fully saturated rings. The number of ether oxygens (including phenoxy) is 3. The van der Waals surface area contributed by atoms with Crippen LogP contribution in [0.1, 0.15) is 45.6 Å². The Balaban J connectivity index is 1.95. The molecule has 0 aliphatic heterocycles. The average Bonchev–Trinajstić information content (AvgIpc) is 2.68. The topological polar surface area (TPSA) is 73.9 Å². The Morgan fingerprint density at radius 2 is 1.75 bits per heavy atom. The third kappa shape index (κ3) is 12.5. The van der Waals surface area contributed by atoms with Crippen molar-refractivity contribution >= 4 is 11.9 Å². The normalized spacial score (nSPS) is 12.0. The van der Waals surface area contributed by atoms with Gasteiger partial charge in [-0.05, 0) is 44.1 Å². The largest absolute Gasteiger partial charge is 0.454 e. The standard InChI is InChI=1S/C22H35NO5/c1-18(2)11-16-27-19(3)22(25)28-17-21(24)23-13-7-8-14-26-15-12-20-9-5-4-6-10-20/h4-6,9-10,18-19H,7-8,11-17H2,1-3H3,(H,23,24). The van der Waals surface area contributed by atoms with Gasteiger partial charge in [0.2, 0.25) is 0 Å². The van der Waals surface area contributed by atoms with Gasteiger partial charge in [0, 0.05) is 19.8 Å². The number of amides is 1. The van der Waals surface area contributed by atoms with Gasteiger partial charge in [-0.3, -0.25) is 4.79 Å². The Kier molecular flexibility index (Phi) is 13.0. The molecule has 0 saturated carbocycles. The van der Waals surface area contributed by atoms with Crippen molar-refractivity contribution in [1.29, 1.82) is 0 Å². The smallest absolute Gasteiger partial charge is 0.335 e. The van der Waals surface area contributed by atoms with Crippen molar-refractivity contribution in [1.82, 2.24) is 5.32 Å². The van der Waals surface area contributed by atoms with E-state index in [1.54, 1.807) is 6.92 Å². The Morgan fingerprint density at radius 3 is 2.46 bits per heavy atom. The van der Waals surface area contributed by atoms with E-state index in [1.165, 1.54) is 5.56 Å². The van der Waals surface area contributed by atoms with Gasteiger partial charge in [-0.25, -0.2) is 4.79 Å². The van der Waals surface area contributed by atoms with Gasteiger partial charge >= 0.3 is 5.97 Å². The molecule has 1 amide bonds. The molecule has 0 radical (unpaired) electrons. The summed E-state index contributed by atoms with van der Waals surface area (Å²) in [6.07, 6.45) is 2.82. The Bertz CT molecular complexity index is 547. The first-order chi connectivity index (χ1) is 13.5. The van der Waals surface area contributed by atoms with Crippen LogP contribution >= 0.6 is 0 Å². The molecule has 158 valence electrons. The highest BCUT2D eigenvalue weighted by atomic mass is 16.6. The van der Waals surface area contributed by atoms with Gasteiger partial charge in [0.25, 0.3) is 5.91 Å². The molecule has 0 saturated heterocycles. The average molecular weight is 394 g/mol. The number of rotatable bonds is 15. The summed E-state index contributed by atoms with van der Waals surface area (Å²) in [7, 11) is 0. The van der Waals surface area contributed by atoms with Crippen molar-refractivity contribution < 1.29 is 23.8 Å². The van der Waals surface area contributed by atoms with E-state index in [0.29, 0.717) is 32.3 Å². The SMILES string of the molecule is CC(C)CCOC(C)C(=O)OCC(=O)NCCCCOCCc1ccccc1. The second-order valence-corrected chi connectivity index (χ2v) is 7.21. The van der Waals surface area contributed by atoms with Crippen LogP contribution in [0.4, 0.5) is 0 Å². The maximum Gasteiger partial charge on any atom is 0.335 e. The number of esters is 1. The second-order valence-electron chi connectivity index (χ2n) is 7.21. The van der Waals surface area contributed by atoms with Gasteiger partial charge in [0.05, 0.1) is 6.61 Å². The molecule has 0 spiro atoms. The van der Waals surface area contributed by atoms with E-state index >= 15 is 0 Å². The predicted octanol–water partition coefficient (Wildman–Crippen LogP) is 3.14. The molecule has 0 heterocycles. The van der Waals surface area contributed by atoms with Crippen molar-refractivity contribution in [3.8, 4) is 0 Å². The highest BCUT2D eigenvalue weighted by Crippen LogP contribution is 2.03. The molecule has 0 aromatic heterocycles. The summed E-state index contributed by atoms with van der Waals surface area (Å²) in [5.74, 6) is -0.290. The van der Waals surface area contributed by atoms with E-state index in [1.807, 2.05) is 18.2 Å². The lowest BCUT2D eigenvalue weighted by Gasteiger charge is -2.13. The van der Waals surface area contributed by atoms with Crippen LogP contribution in [0.3, 0.4) is 0 Å². The molecule has 1 rings (SSSR count). The minimum atomic E-state index is -0.653. The van der Waals surface area contributed by atoms with Gasteiger partial charge in [-0.2, -0.15) is 0 Å². The number of unbranched alkanes of at least 4 members (excludes halogenated alkanes) is 1. The third-order valence-corrected chi connectivity index (χ3v) is 4.16. The molecule has 1 unspecified atom stereocenters. The number of nitrogens with one attached hydrogen (secondary N) is 1. The fourth-order valence-electron chi connectivity index (χ4n) is 2.35. The molecular weight excluding hydrogens is 358 g/mol. The molecule has 1 atom stereocenters. The molecular formula is C22H35NO5. The maximum absolute atomic E-state index is 11.8. The Hall–Kier alpha value is -1.92. The zero-order chi connectivity index (χ0) is 20.6. The van der Waals surface area contributed by atoms with Crippen molar-refractivity contribution in [3.05, 3.63) is 35.9 Å². The first-order valence-corrected chi connectivity index (χ1v) is 10.2. The third-order valence-electron chi connectivity index (χ3n) is 4.16. The second kappa shape index (κ2) is 15.1. The fraction of sp³-hybridized carbons (Fsp3) is 0.636. The van der Waals surface area contributed by atoms with Crippen molar-refractivity contribution in [2.24, 2.45) is 5.92 Å². The van der Waals surface area contributed by atoms with Crippen LogP contribution in [-0.2, 0) is 30.2 Å². The van der Waals surface area contributed by atoms with E-state index in [4.69, 9.17) is 14.2 Å². The van der Waals surface area contributed by atoms with Crippen molar-refractivity contribution in [2.45, 2.75) is 52.6 Å². The van der Waals surface area contributed by atoms with Crippen molar-refractivity contribution in [3.63, 3.8) is 0 Å². The fourth-order valence-corrected chi connectivity index (χ4v) is 2.35. The Labute approximate surface area is 168 Å². The van der Waals surface area contributed by atoms with E-state index in [2.05, 4.69) is 31.3 Å². The van der Waals surface area contributed by atoms with E-state index in [0.717, 1.165) is 25.7 Å². The van der Waals surface area contributed by atoms with Gasteiger partial charge in [0.15, 0.2) is 12.7 Å². The van der Waals surface area contributed by atoms with E-state index < -0.39 is 12.1 Å². The maximum atomic E-state index is 11.8. The molecule has 6 nitrogen and oxygen atoms in total. The molecule has 0 aliphatic carbocycles. The monoisotopic (exact) mass is 393 g/mol. The Morgan fingerprint density at radius 1 is 1.00 bits per heavy atom. The first-order valence-electron chi connectivity index (χ1n) is 10.2. The highest BCUT2D eigenvalue weighted by molar-refractivity contribution is 5.81. The minimum Gasteiger partial charge on any atom is -0.454 e. The van der Waals surface area contributed by atoms with E-state index in [9.17, 15) is 9.59 Å². The van der Waals surface area contributed by atoms with Crippen molar-refractivity contribution in [2.75, 3.05) is 33.0 Å². The summed E-state index contributed by atoms with van der Waals surface area (Å²) in [6, 6.07) is 10.2. The summed E-state index contributed by atoms with van der Waals surface area (Å²) in [6.45, 7) is 7.96. The molecule has 28 heavy (non-hydrogen) atoms. The van der Waals surface area contributed by atoms with Crippen LogP contribution in [0.25, 0.3) is 0 Å². The number of carbonyl (C=O) groups excluding carboxylic acids is 2. The highest BCUT2D eigenvalue weighted by Gasteiger charge is 2.16. The predicted molar refractivity (Wildman–Crippen MR) is 109 cm³/mol. The molecule has 1 aromatic rings. The summed E-state index contributed by atoms with van der Waals surface area (Å²) in [5, 5.41) is 2.74. The zero-order valence-corrected chi connectivity index (χ0v) is 17.4. The lowest BCUT2D eigenvalue weighted by molar-refractivity contribution is -0.159. The van der Waals surface area contributed by atoms with Gasteiger partial charge in [-0.1, -0.05) is 44.2 Å². The molecule has 6 heteroatoms. The number of hydrogen-bond donors (Lipinski definition) is 1. The van der Waals surface area contributed by atoms with E-state index in [-0.39, 0.29) is 12.5 Å². The first kappa shape index (κ1) is 24.1. The lowest BCUT2D eigenvalue weighted by Crippen LogP contribution is -2.32. The number of carbonyl (C=O) groups is 2. The summed E-state index contributed by atoms with van der Waals surface area (Å²) >= 11 is 0. The van der Waals surface area contributed by atoms with Crippen LogP contribution < -0.4 is 5.32 Å². The molecule has 0 aliphatic rings. The molecule has 1 aromatic carbocycles. The quantitative estimate of drug-likeness (QED) is 0.366. The van der Waals surface area contributed by atoms with Crippen LogP contribution in [-0.4, -0.2) is 51.0 Å². The summed E-state index contributed by atoms with van der Waals surface area (Å²) in [5.41, 5.74) is 1.27. The molecule has 1 N–H and O–H groups in total. The van der Waals surface area contributed by atoms with Gasteiger partial charge in [-0.15, -0.1) is 0 Å². The van der Waals surface area contributed by atoms with Gasteiger partial charge in [0.1, 0.15) is 0 Å². The van der Waals surface area contributed by atoms with Crippen LogP contribution in [0.2, 0.25) is 0 Å².